The van der Waals surface area contributed by atoms with Gasteiger partial charge in [-0.2, -0.15) is 0 Å². The van der Waals surface area contributed by atoms with Crippen molar-refractivity contribution in [3.05, 3.63) is 30.1 Å². The smallest absolute Gasteiger partial charge is 0.260 e. The first kappa shape index (κ1) is 12.9. The lowest BCUT2D eigenvalue weighted by Crippen LogP contribution is -2.38. The summed E-state index contributed by atoms with van der Waals surface area (Å²) < 4.78 is 18.5. The molecule has 0 aliphatic carbocycles. The van der Waals surface area contributed by atoms with Gasteiger partial charge in [0.2, 0.25) is 0 Å². The quantitative estimate of drug-likeness (QED) is 0.823. The molecule has 4 heteroatoms. The van der Waals surface area contributed by atoms with Gasteiger partial charge in [0.05, 0.1) is 0 Å². The number of rotatable bonds is 4. The van der Waals surface area contributed by atoms with E-state index in [0.29, 0.717) is 6.04 Å². The number of carbonyl (C=O) groups is 1. The number of likely N-dealkylation sites (tertiary alicyclic amines) is 1. The van der Waals surface area contributed by atoms with Gasteiger partial charge in [-0.15, -0.1) is 0 Å². The van der Waals surface area contributed by atoms with Crippen molar-refractivity contribution in [2.45, 2.75) is 32.2 Å². The van der Waals surface area contributed by atoms with Gasteiger partial charge >= 0.3 is 0 Å². The summed E-state index contributed by atoms with van der Waals surface area (Å²) in [5.41, 5.74) is 0. The topological polar surface area (TPSA) is 29.5 Å². The Morgan fingerprint density at radius 1 is 1.50 bits per heavy atom. The molecular formula is C14H18FNO2. The van der Waals surface area contributed by atoms with Gasteiger partial charge < -0.3 is 9.64 Å². The van der Waals surface area contributed by atoms with Crippen LogP contribution in [0, 0.1) is 5.82 Å². The third-order valence-corrected chi connectivity index (χ3v) is 3.36. The lowest BCUT2D eigenvalue weighted by atomic mass is 10.2. The number of amides is 1. The lowest BCUT2D eigenvalue weighted by molar-refractivity contribution is -0.134. The van der Waals surface area contributed by atoms with Crippen LogP contribution in [0.4, 0.5) is 4.39 Å². The van der Waals surface area contributed by atoms with E-state index in [2.05, 4.69) is 6.92 Å². The molecule has 2 rings (SSSR count). The molecule has 0 aromatic heterocycles. The summed E-state index contributed by atoms with van der Waals surface area (Å²) in [5, 5.41) is 0. The largest absolute Gasteiger partial charge is 0.481 e. The van der Waals surface area contributed by atoms with E-state index in [1.807, 2.05) is 4.90 Å². The normalized spacial score (nSPS) is 19.0. The molecule has 1 aromatic rings. The van der Waals surface area contributed by atoms with E-state index in [0.717, 1.165) is 25.8 Å². The van der Waals surface area contributed by atoms with Gasteiger partial charge in [0, 0.05) is 12.6 Å². The number of ether oxygens (including phenoxy) is 1. The monoisotopic (exact) mass is 251 g/mol. The lowest BCUT2D eigenvalue weighted by Gasteiger charge is -2.23. The molecule has 1 amide bonds. The van der Waals surface area contributed by atoms with Crippen LogP contribution in [-0.4, -0.2) is 30.0 Å². The van der Waals surface area contributed by atoms with Gasteiger partial charge in [-0.05, 0) is 31.4 Å². The molecule has 18 heavy (non-hydrogen) atoms. The van der Waals surface area contributed by atoms with Crippen molar-refractivity contribution < 1.29 is 13.9 Å². The van der Waals surface area contributed by atoms with Gasteiger partial charge in [-0.3, -0.25) is 4.79 Å². The average Bonchev–Trinajstić information content (AvgIpc) is 2.86. The highest BCUT2D eigenvalue weighted by molar-refractivity contribution is 5.78. The van der Waals surface area contributed by atoms with E-state index in [1.165, 1.54) is 12.1 Å². The van der Waals surface area contributed by atoms with Crippen molar-refractivity contribution in [2.24, 2.45) is 0 Å². The van der Waals surface area contributed by atoms with Crippen molar-refractivity contribution in [1.82, 2.24) is 4.90 Å². The van der Waals surface area contributed by atoms with Crippen LogP contribution < -0.4 is 4.74 Å². The van der Waals surface area contributed by atoms with E-state index < -0.39 is 5.82 Å². The van der Waals surface area contributed by atoms with Gasteiger partial charge in [0.15, 0.2) is 18.2 Å². The molecule has 3 nitrogen and oxygen atoms in total. The summed E-state index contributed by atoms with van der Waals surface area (Å²) in [7, 11) is 0. The van der Waals surface area contributed by atoms with Gasteiger partial charge in [-0.1, -0.05) is 19.1 Å². The molecule has 0 saturated carbocycles. The number of hydrogen-bond donors (Lipinski definition) is 0. The third-order valence-electron chi connectivity index (χ3n) is 3.36. The Hall–Kier alpha value is -1.58. The zero-order valence-electron chi connectivity index (χ0n) is 10.6. The highest BCUT2D eigenvalue weighted by atomic mass is 19.1. The van der Waals surface area contributed by atoms with Crippen molar-refractivity contribution in [2.75, 3.05) is 13.2 Å². The van der Waals surface area contributed by atoms with Crippen LogP contribution in [0.15, 0.2) is 24.3 Å². The second-order valence-electron chi connectivity index (χ2n) is 4.51. The molecule has 1 aromatic carbocycles. The van der Waals surface area contributed by atoms with Crippen molar-refractivity contribution in [3.8, 4) is 5.75 Å². The minimum atomic E-state index is -0.432. The van der Waals surface area contributed by atoms with Crippen LogP contribution in [0.25, 0.3) is 0 Å². The summed E-state index contributed by atoms with van der Waals surface area (Å²) in [6.45, 7) is 2.78. The number of benzene rings is 1. The van der Waals surface area contributed by atoms with E-state index >= 15 is 0 Å². The summed E-state index contributed by atoms with van der Waals surface area (Å²) in [6.07, 6.45) is 3.07. The predicted octanol–water partition coefficient (Wildman–Crippen LogP) is 2.61. The number of halogens is 1. The van der Waals surface area contributed by atoms with Crippen molar-refractivity contribution in [3.63, 3.8) is 0 Å². The summed E-state index contributed by atoms with van der Waals surface area (Å²) in [6, 6.07) is 6.46. The molecule has 1 saturated heterocycles. The Balaban J connectivity index is 1.90. The van der Waals surface area contributed by atoms with Crippen LogP contribution >= 0.6 is 0 Å². The third kappa shape index (κ3) is 2.81. The number of para-hydroxylation sites is 1. The van der Waals surface area contributed by atoms with Crippen LogP contribution in [0.5, 0.6) is 5.75 Å². The molecule has 1 atom stereocenters. The van der Waals surface area contributed by atoms with E-state index in [1.54, 1.807) is 12.1 Å². The molecule has 0 bridgehead atoms. The maximum absolute atomic E-state index is 13.3. The number of carbonyl (C=O) groups excluding carboxylic acids is 1. The molecular weight excluding hydrogens is 233 g/mol. The van der Waals surface area contributed by atoms with Crippen molar-refractivity contribution in [1.29, 1.82) is 0 Å². The first-order valence-electron chi connectivity index (χ1n) is 6.39. The summed E-state index contributed by atoms with van der Waals surface area (Å²) in [5.74, 6) is -0.348. The highest BCUT2D eigenvalue weighted by Crippen LogP contribution is 2.20. The maximum atomic E-state index is 13.3. The first-order chi connectivity index (χ1) is 8.72. The van der Waals surface area contributed by atoms with Gasteiger partial charge in [0.25, 0.3) is 5.91 Å². The van der Waals surface area contributed by atoms with Gasteiger partial charge in [0.1, 0.15) is 0 Å². The Bertz CT molecular complexity index is 422. The molecule has 1 aliphatic heterocycles. The van der Waals surface area contributed by atoms with Crippen LogP contribution in [0.1, 0.15) is 26.2 Å². The minimum absolute atomic E-state index is 0.0531. The molecule has 1 aliphatic rings. The zero-order chi connectivity index (χ0) is 13.0. The van der Waals surface area contributed by atoms with E-state index in [9.17, 15) is 9.18 Å². The Morgan fingerprint density at radius 2 is 2.28 bits per heavy atom. The Kier molecular flexibility index (Phi) is 4.18. The first-order valence-corrected chi connectivity index (χ1v) is 6.39. The van der Waals surface area contributed by atoms with Gasteiger partial charge in [-0.25, -0.2) is 4.39 Å². The summed E-state index contributed by atoms with van der Waals surface area (Å²) >= 11 is 0. The molecule has 98 valence electrons. The molecule has 0 radical (unpaired) electrons. The zero-order valence-corrected chi connectivity index (χ0v) is 10.6. The van der Waals surface area contributed by atoms with Crippen LogP contribution in [-0.2, 0) is 4.79 Å². The molecule has 0 N–H and O–H groups in total. The fraction of sp³-hybridized carbons (Fsp3) is 0.500. The predicted molar refractivity (Wildman–Crippen MR) is 66.9 cm³/mol. The average molecular weight is 251 g/mol. The Labute approximate surface area is 107 Å². The van der Waals surface area contributed by atoms with E-state index in [4.69, 9.17) is 4.74 Å². The van der Waals surface area contributed by atoms with Crippen LogP contribution in [0.2, 0.25) is 0 Å². The second kappa shape index (κ2) is 5.85. The number of hydrogen-bond acceptors (Lipinski definition) is 2. The Morgan fingerprint density at radius 3 is 3.00 bits per heavy atom. The highest BCUT2D eigenvalue weighted by Gasteiger charge is 2.27. The SMILES string of the molecule is CCC1CCCN1C(=O)COc1ccccc1F. The molecule has 1 unspecified atom stereocenters. The maximum Gasteiger partial charge on any atom is 0.260 e. The summed E-state index contributed by atoms with van der Waals surface area (Å²) in [4.78, 5) is 13.8. The second-order valence-corrected chi connectivity index (χ2v) is 4.51. The molecule has 1 heterocycles. The van der Waals surface area contributed by atoms with E-state index in [-0.39, 0.29) is 18.3 Å². The molecule has 1 fully saturated rings. The standard InChI is InChI=1S/C14H18FNO2/c1-2-11-6-5-9-16(11)14(17)10-18-13-8-4-3-7-12(13)15/h3-4,7-8,11H,2,5-6,9-10H2,1H3. The molecule has 0 spiro atoms. The fourth-order valence-electron chi connectivity index (χ4n) is 2.37. The van der Waals surface area contributed by atoms with Crippen LogP contribution in [0.3, 0.4) is 0 Å². The fourth-order valence-corrected chi connectivity index (χ4v) is 2.37. The minimum Gasteiger partial charge on any atom is -0.481 e. The number of nitrogens with zero attached hydrogens (tertiary/aromatic N) is 1. The van der Waals surface area contributed by atoms with Crippen molar-refractivity contribution >= 4 is 5.91 Å².